The first-order chi connectivity index (χ1) is 10.4. The minimum atomic E-state index is 0.495. The number of phenols is 1. The predicted octanol–water partition coefficient (Wildman–Crippen LogP) is 5.89. The average Bonchev–Trinajstić information content (AvgIpc) is 2.49. The van der Waals surface area contributed by atoms with E-state index in [0.29, 0.717) is 11.7 Å². The lowest BCUT2D eigenvalue weighted by Gasteiger charge is -2.22. The van der Waals surface area contributed by atoms with E-state index in [2.05, 4.69) is 24.3 Å². The predicted molar refractivity (Wildman–Crippen MR) is 88.6 cm³/mol. The summed E-state index contributed by atoms with van der Waals surface area (Å²) in [5.41, 5.74) is 3.22. The van der Waals surface area contributed by atoms with Crippen LogP contribution in [0.4, 0.5) is 0 Å². The molecule has 3 rings (SSSR count). The smallest absolute Gasteiger partial charge is 0.126 e. The van der Waals surface area contributed by atoms with Gasteiger partial charge in [-0.15, -0.1) is 0 Å². The molecule has 21 heavy (non-hydrogen) atoms. The van der Waals surface area contributed by atoms with Crippen molar-refractivity contribution >= 4 is 0 Å². The third-order valence-electron chi connectivity index (χ3n) is 4.70. The number of benzene rings is 2. The van der Waals surface area contributed by atoms with Gasteiger partial charge in [-0.25, -0.2) is 0 Å². The van der Waals surface area contributed by atoms with Gasteiger partial charge < -0.3 is 5.11 Å². The van der Waals surface area contributed by atoms with Crippen LogP contribution in [0.1, 0.15) is 56.4 Å². The standard InChI is InChI=1S/C20H24O/c21-20-18(16-10-5-2-1-3-6-11-16)14-9-15-19(20)17-12-7-4-8-13-17/h4,7-9,12-16,21H,1-3,5-6,10-11H2. The van der Waals surface area contributed by atoms with Gasteiger partial charge in [-0.2, -0.15) is 0 Å². The van der Waals surface area contributed by atoms with Crippen LogP contribution >= 0.6 is 0 Å². The van der Waals surface area contributed by atoms with E-state index < -0.39 is 0 Å². The Balaban J connectivity index is 1.92. The summed E-state index contributed by atoms with van der Waals surface area (Å²) >= 11 is 0. The van der Waals surface area contributed by atoms with E-state index in [9.17, 15) is 5.11 Å². The van der Waals surface area contributed by atoms with Crippen molar-refractivity contribution in [2.75, 3.05) is 0 Å². The largest absolute Gasteiger partial charge is 0.507 e. The van der Waals surface area contributed by atoms with E-state index >= 15 is 0 Å². The molecule has 0 heterocycles. The van der Waals surface area contributed by atoms with Crippen LogP contribution in [0.5, 0.6) is 5.75 Å². The number of hydrogen-bond donors (Lipinski definition) is 1. The van der Waals surface area contributed by atoms with Crippen LogP contribution in [0.25, 0.3) is 11.1 Å². The van der Waals surface area contributed by atoms with Crippen molar-refractivity contribution in [3.05, 3.63) is 54.1 Å². The topological polar surface area (TPSA) is 20.2 Å². The Morgan fingerprint density at radius 2 is 1.38 bits per heavy atom. The van der Waals surface area contributed by atoms with Gasteiger partial charge in [0.15, 0.2) is 0 Å². The first-order valence-corrected chi connectivity index (χ1v) is 8.23. The molecule has 1 nitrogen and oxygen atoms in total. The highest BCUT2D eigenvalue weighted by Crippen LogP contribution is 2.40. The maximum Gasteiger partial charge on any atom is 0.126 e. The van der Waals surface area contributed by atoms with Crippen LogP contribution in [0.2, 0.25) is 0 Å². The number of hydrogen-bond acceptors (Lipinski definition) is 1. The molecule has 0 saturated heterocycles. The van der Waals surface area contributed by atoms with Gasteiger partial charge in [0.2, 0.25) is 0 Å². The van der Waals surface area contributed by atoms with Crippen LogP contribution in [-0.2, 0) is 0 Å². The molecule has 0 radical (unpaired) electrons. The highest BCUT2D eigenvalue weighted by molar-refractivity contribution is 5.71. The zero-order valence-electron chi connectivity index (χ0n) is 12.6. The maximum atomic E-state index is 10.8. The molecule has 0 aliphatic heterocycles. The molecule has 1 N–H and O–H groups in total. The van der Waals surface area contributed by atoms with Gasteiger partial charge in [-0.1, -0.05) is 80.6 Å². The normalized spacial score (nSPS) is 17.1. The molecule has 1 aliphatic carbocycles. The quantitative estimate of drug-likeness (QED) is 0.727. The Morgan fingerprint density at radius 1 is 0.714 bits per heavy atom. The van der Waals surface area contributed by atoms with Gasteiger partial charge in [-0.05, 0) is 29.9 Å². The van der Waals surface area contributed by atoms with E-state index in [-0.39, 0.29) is 0 Å². The second-order valence-corrected chi connectivity index (χ2v) is 6.15. The lowest BCUT2D eigenvalue weighted by atomic mass is 9.84. The Kier molecular flexibility index (Phi) is 4.59. The fraction of sp³-hybridized carbons (Fsp3) is 0.400. The molecule has 0 unspecified atom stereocenters. The molecular weight excluding hydrogens is 256 g/mol. The molecule has 1 heteroatoms. The molecule has 2 aromatic carbocycles. The molecule has 1 aliphatic rings. The van der Waals surface area contributed by atoms with E-state index in [1.54, 1.807) is 0 Å². The van der Waals surface area contributed by atoms with Crippen LogP contribution < -0.4 is 0 Å². The second kappa shape index (κ2) is 6.80. The molecular formula is C20H24O. The van der Waals surface area contributed by atoms with Gasteiger partial charge >= 0.3 is 0 Å². The zero-order chi connectivity index (χ0) is 14.5. The molecule has 110 valence electrons. The lowest BCUT2D eigenvalue weighted by Crippen LogP contribution is -2.03. The van der Waals surface area contributed by atoms with Gasteiger partial charge in [0.25, 0.3) is 0 Å². The minimum Gasteiger partial charge on any atom is -0.507 e. The van der Waals surface area contributed by atoms with Crippen molar-refractivity contribution in [3.63, 3.8) is 0 Å². The number of para-hydroxylation sites is 1. The fourth-order valence-electron chi connectivity index (χ4n) is 3.51. The summed E-state index contributed by atoms with van der Waals surface area (Å²) < 4.78 is 0. The molecule has 1 fully saturated rings. The highest BCUT2D eigenvalue weighted by atomic mass is 16.3. The molecule has 0 aromatic heterocycles. The van der Waals surface area contributed by atoms with Gasteiger partial charge in [0, 0.05) is 5.56 Å². The summed E-state index contributed by atoms with van der Waals surface area (Å²) in [7, 11) is 0. The summed E-state index contributed by atoms with van der Waals surface area (Å²) in [5.74, 6) is 1.02. The average molecular weight is 280 g/mol. The summed E-state index contributed by atoms with van der Waals surface area (Å²) in [6.07, 6.45) is 9.07. The molecule has 2 aromatic rings. The van der Waals surface area contributed by atoms with Crippen molar-refractivity contribution in [1.29, 1.82) is 0 Å². The molecule has 0 bridgehead atoms. The summed E-state index contributed by atoms with van der Waals surface area (Å²) in [6, 6.07) is 16.4. The number of aromatic hydroxyl groups is 1. The van der Waals surface area contributed by atoms with Crippen molar-refractivity contribution in [3.8, 4) is 16.9 Å². The molecule has 1 saturated carbocycles. The highest BCUT2D eigenvalue weighted by Gasteiger charge is 2.18. The van der Waals surface area contributed by atoms with E-state index in [0.717, 1.165) is 16.7 Å². The zero-order valence-corrected chi connectivity index (χ0v) is 12.6. The summed E-state index contributed by atoms with van der Waals surface area (Å²) in [5, 5.41) is 10.8. The van der Waals surface area contributed by atoms with Crippen LogP contribution in [-0.4, -0.2) is 5.11 Å². The van der Waals surface area contributed by atoms with Crippen molar-refractivity contribution in [2.24, 2.45) is 0 Å². The Labute approximate surface area is 127 Å². The SMILES string of the molecule is Oc1c(-c2ccccc2)cccc1C1CCCCCCC1. The third-order valence-corrected chi connectivity index (χ3v) is 4.70. The minimum absolute atomic E-state index is 0.495. The summed E-state index contributed by atoms with van der Waals surface area (Å²) in [6.45, 7) is 0. The van der Waals surface area contributed by atoms with E-state index in [4.69, 9.17) is 0 Å². The Morgan fingerprint density at radius 3 is 2.10 bits per heavy atom. The molecule has 0 atom stereocenters. The van der Waals surface area contributed by atoms with E-state index in [1.165, 1.54) is 44.9 Å². The number of phenolic OH excluding ortho intramolecular Hbond substituents is 1. The fourth-order valence-corrected chi connectivity index (χ4v) is 3.51. The van der Waals surface area contributed by atoms with E-state index in [1.807, 2.05) is 24.3 Å². The van der Waals surface area contributed by atoms with Gasteiger partial charge in [0.05, 0.1) is 0 Å². The van der Waals surface area contributed by atoms with Crippen LogP contribution in [0.3, 0.4) is 0 Å². The maximum absolute atomic E-state index is 10.8. The van der Waals surface area contributed by atoms with Gasteiger partial charge in [-0.3, -0.25) is 0 Å². The Hall–Kier alpha value is -1.76. The Bertz CT molecular complexity index is 566. The lowest BCUT2D eigenvalue weighted by molar-refractivity contribution is 0.425. The monoisotopic (exact) mass is 280 g/mol. The summed E-state index contributed by atoms with van der Waals surface area (Å²) in [4.78, 5) is 0. The number of rotatable bonds is 2. The van der Waals surface area contributed by atoms with Gasteiger partial charge in [0.1, 0.15) is 5.75 Å². The third kappa shape index (κ3) is 3.29. The second-order valence-electron chi connectivity index (χ2n) is 6.15. The van der Waals surface area contributed by atoms with Crippen molar-refractivity contribution in [2.45, 2.75) is 50.9 Å². The first kappa shape index (κ1) is 14.2. The molecule has 0 spiro atoms. The van der Waals surface area contributed by atoms with Crippen LogP contribution in [0, 0.1) is 0 Å². The van der Waals surface area contributed by atoms with Crippen LogP contribution in [0.15, 0.2) is 48.5 Å². The first-order valence-electron chi connectivity index (χ1n) is 8.23. The molecule has 0 amide bonds. The van der Waals surface area contributed by atoms with Crippen molar-refractivity contribution in [1.82, 2.24) is 0 Å². The van der Waals surface area contributed by atoms with Crippen molar-refractivity contribution < 1.29 is 5.11 Å².